The van der Waals surface area contributed by atoms with Crippen LogP contribution in [0.15, 0.2) is 48.5 Å². The molecule has 0 bridgehead atoms. The fourth-order valence-electron chi connectivity index (χ4n) is 2.57. The maximum absolute atomic E-state index is 12.2. The van der Waals surface area contributed by atoms with Gasteiger partial charge in [-0.15, -0.1) is 0 Å². The van der Waals surface area contributed by atoms with E-state index in [2.05, 4.69) is 5.32 Å². The minimum atomic E-state index is -1.47. The smallest absolute Gasteiger partial charge is 0.347 e. The molecule has 0 aliphatic heterocycles. The van der Waals surface area contributed by atoms with Crippen molar-refractivity contribution >= 4 is 17.6 Å². The number of nitrogens with one attached hydrogen (secondary N) is 1. The number of carboxylic acids is 1. The van der Waals surface area contributed by atoms with E-state index in [1.54, 1.807) is 24.3 Å². The van der Waals surface area contributed by atoms with E-state index >= 15 is 0 Å². The Balaban J connectivity index is 2.00. The molecule has 0 spiro atoms. The molecule has 25 heavy (non-hydrogen) atoms. The third-order valence-corrected chi connectivity index (χ3v) is 3.87. The number of carbonyl (C=O) groups excluding carboxylic acids is 1. The van der Waals surface area contributed by atoms with Crippen LogP contribution in [0.25, 0.3) is 0 Å². The summed E-state index contributed by atoms with van der Waals surface area (Å²) in [7, 11) is 0. The lowest BCUT2D eigenvalue weighted by molar-refractivity contribution is -0.154. The molecule has 5 nitrogen and oxygen atoms in total. The molecule has 2 N–H and O–H groups in total. The Morgan fingerprint density at radius 1 is 1.08 bits per heavy atom. The van der Waals surface area contributed by atoms with Crippen LogP contribution in [-0.2, 0) is 9.59 Å². The second-order valence-electron chi connectivity index (χ2n) is 6.38. The van der Waals surface area contributed by atoms with Gasteiger partial charge in [-0.1, -0.05) is 24.3 Å². The predicted molar refractivity (Wildman–Crippen MR) is 96.9 cm³/mol. The number of benzene rings is 2. The van der Waals surface area contributed by atoms with Crippen molar-refractivity contribution in [3.63, 3.8) is 0 Å². The second-order valence-corrected chi connectivity index (χ2v) is 6.38. The summed E-state index contributed by atoms with van der Waals surface area (Å²) in [5.74, 6) is -0.883. The van der Waals surface area contributed by atoms with Crippen molar-refractivity contribution in [2.24, 2.45) is 0 Å². The SMILES string of the molecule is Cc1cc(C)cc(NC(=O)CCC(C)(Oc2ccccc2)C(=O)O)c1. The molecule has 0 radical (unpaired) electrons. The first-order chi connectivity index (χ1) is 11.8. The molecule has 0 heterocycles. The Kier molecular flexibility index (Phi) is 5.80. The Bertz CT molecular complexity index is 737. The van der Waals surface area contributed by atoms with E-state index in [0.717, 1.165) is 11.1 Å². The van der Waals surface area contributed by atoms with E-state index in [9.17, 15) is 14.7 Å². The molecule has 2 aromatic rings. The summed E-state index contributed by atoms with van der Waals surface area (Å²) in [6.07, 6.45) is 0.108. The highest BCUT2D eigenvalue weighted by Gasteiger charge is 2.36. The largest absolute Gasteiger partial charge is 0.478 e. The molecule has 0 fully saturated rings. The van der Waals surface area contributed by atoms with Gasteiger partial charge in [0, 0.05) is 18.5 Å². The number of carboxylic acid groups (broad SMARTS) is 1. The first-order valence-corrected chi connectivity index (χ1v) is 8.14. The standard InChI is InChI=1S/C20H23NO4/c1-14-11-15(2)13-16(12-14)21-18(22)9-10-20(3,19(23)24)25-17-7-5-4-6-8-17/h4-8,11-13H,9-10H2,1-3H3,(H,21,22)(H,23,24). The average molecular weight is 341 g/mol. The normalized spacial score (nSPS) is 12.9. The van der Waals surface area contributed by atoms with Crippen LogP contribution >= 0.6 is 0 Å². The van der Waals surface area contributed by atoms with Crippen LogP contribution in [-0.4, -0.2) is 22.6 Å². The molecule has 2 aromatic carbocycles. The van der Waals surface area contributed by atoms with E-state index in [1.165, 1.54) is 6.92 Å². The van der Waals surface area contributed by atoms with Crippen LogP contribution in [0.4, 0.5) is 5.69 Å². The molecule has 0 aliphatic rings. The van der Waals surface area contributed by atoms with Gasteiger partial charge in [-0.3, -0.25) is 4.79 Å². The number of hydrogen-bond donors (Lipinski definition) is 2. The van der Waals surface area contributed by atoms with Gasteiger partial charge in [0.2, 0.25) is 11.5 Å². The third-order valence-electron chi connectivity index (χ3n) is 3.87. The van der Waals surface area contributed by atoms with Gasteiger partial charge >= 0.3 is 5.97 Å². The Hall–Kier alpha value is -2.82. The van der Waals surface area contributed by atoms with Crippen molar-refractivity contribution in [2.75, 3.05) is 5.32 Å². The van der Waals surface area contributed by atoms with Crippen LogP contribution in [0.2, 0.25) is 0 Å². The third kappa shape index (κ3) is 5.35. The summed E-state index contributed by atoms with van der Waals surface area (Å²) in [5, 5.41) is 12.3. The summed E-state index contributed by atoms with van der Waals surface area (Å²) < 4.78 is 5.62. The highest BCUT2D eigenvalue weighted by Crippen LogP contribution is 2.23. The van der Waals surface area contributed by atoms with E-state index in [4.69, 9.17) is 4.74 Å². The number of aryl methyl sites for hydroxylation is 2. The van der Waals surface area contributed by atoms with Gasteiger partial charge in [0.1, 0.15) is 5.75 Å². The average Bonchev–Trinajstić information content (AvgIpc) is 2.53. The molecular weight excluding hydrogens is 318 g/mol. The van der Waals surface area contributed by atoms with E-state index in [0.29, 0.717) is 11.4 Å². The van der Waals surface area contributed by atoms with Crippen LogP contribution in [0.3, 0.4) is 0 Å². The summed E-state index contributed by atoms with van der Waals surface area (Å²) in [6.45, 7) is 5.39. The highest BCUT2D eigenvalue weighted by atomic mass is 16.5. The number of ether oxygens (including phenoxy) is 1. The maximum Gasteiger partial charge on any atom is 0.347 e. The van der Waals surface area contributed by atoms with Crippen molar-refractivity contribution in [3.8, 4) is 5.75 Å². The van der Waals surface area contributed by atoms with E-state index in [1.807, 2.05) is 38.1 Å². The minimum Gasteiger partial charge on any atom is -0.478 e. The van der Waals surface area contributed by atoms with Gasteiger partial charge in [-0.25, -0.2) is 4.79 Å². The first kappa shape index (κ1) is 18.5. The van der Waals surface area contributed by atoms with Crippen molar-refractivity contribution in [3.05, 3.63) is 59.7 Å². The summed E-state index contributed by atoms with van der Waals surface area (Å²) >= 11 is 0. The Morgan fingerprint density at radius 2 is 1.68 bits per heavy atom. The Morgan fingerprint density at radius 3 is 2.24 bits per heavy atom. The van der Waals surface area contributed by atoms with E-state index in [-0.39, 0.29) is 18.7 Å². The number of hydrogen-bond acceptors (Lipinski definition) is 3. The van der Waals surface area contributed by atoms with Gasteiger partial charge < -0.3 is 15.2 Å². The maximum atomic E-state index is 12.2. The number of carbonyl (C=O) groups is 2. The molecule has 0 saturated heterocycles. The van der Waals surface area contributed by atoms with Crippen LogP contribution < -0.4 is 10.1 Å². The summed E-state index contributed by atoms with van der Waals surface area (Å²) in [5.41, 5.74) is 1.35. The molecule has 0 aromatic heterocycles. The lowest BCUT2D eigenvalue weighted by Gasteiger charge is -2.26. The van der Waals surface area contributed by atoms with Gasteiger partial charge in [0.15, 0.2) is 0 Å². The molecule has 1 amide bonds. The lowest BCUT2D eigenvalue weighted by Crippen LogP contribution is -2.42. The topological polar surface area (TPSA) is 75.6 Å². The fourth-order valence-corrected chi connectivity index (χ4v) is 2.57. The molecule has 1 unspecified atom stereocenters. The zero-order valence-electron chi connectivity index (χ0n) is 14.7. The summed E-state index contributed by atoms with van der Waals surface area (Å²) in [6, 6.07) is 14.5. The molecule has 0 aliphatic carbocycles. The van der Waals surface area contributed by atoms with E-state index < -0.39 is 11.6 Å². The zero-order valence-corrected chi connectivity index (χ0v) is 14.7. The number of amides is 1. The predicted octanol–water partition coefficient (Wildman–Crippen LogP) is 3.94. The molecule has 132 valence electrons. The van der Waals surface area contributed by atoms with Crippen molar-refractivity contribution in [2.45, 2.75) is 39.2 Å². The number of aliphatic carboxylic acids is 1. The monoisotopic (exact) mass is 341 g/mol. The molecule has 0 saturated carbocycles. The number of anilines is 1. The number of rotatable bonds is 7. The molecule has 1 atom stereocenters. The lowest BCUT2D eigenvalue weighted by atomic mass is 9.99. The van der Waals surface area contributed by atoms with Crippen LogP contribution in [0.5, 0.6) is 5.75 Å². The Labute approximate surface area is 147 Å². The molecular formula is C20H23NO4. The highest BCUT2D eigenvalue weighted by molar-refractivity contribution is 5.91. The minimum absolute atomic E-state index is 0.0443. The molecule has 2 rings (SSSR count). The van der Waals surface area contributed by atoms with Gasteiger partial charge in [-0.2, -0.15) is 0 Å². The first-order valence-electron chi connectivity index (χ1n) is 8.14. The molecule has 5 heteroatoms. The van der Waals surface area contributed by atoms with Crippen molar-refractivity contribution < 1.29 is 19.4 Å². The van der Waals surface area contributed by atoms with Crippen molar-refractivity contribution in [1.29, 1.82) is 0 Å². The zero-order chi connectivity index (χ0) is 18.4. The quantitative estimate of drug-likeness (QED) is 0.800. The van der Waals surface area contributed by atoms with Crippen molar-refractivity contribution in [1.82, 2.24) is 0 Å². The van der Waals surface area contributed by atoms with Crippen LogP contribution in [0, 0.1) is 13.8 Å². The van der Waals surface area contributed by atoms with Gasteiger partial charge in [0.25, 0.3) is 0 Å². The second kappa shape index (κ2) is 7.83. The number of para-hydroxylation sites is 1. The van der Waals surface area contributed by atoms with Gasteiger partial charge in [-0.05, 0) is 56.2 Å². The summed E-state index contributed by atoms with van der Waals surface area (Å²) in [4.78, 5) is 23.8. The fraction of sp³-hybridized carbons (Fsp3) is 0.300. The van der Waals surface area contributed by atoms with Crippen LogP contribution in [0.1, 0.15) is 30.9 Å². The van der Waals surface area contributed by atoms with Gasteiger partial charge in [0.05, 0.1) is 0 Å².